The van der Waals surface area contributed by atoms with Crippen molar-refractivity contribution >= 4 is 74.1 Å². The zero-order valence-electron chi connectivity index (χ0n) is 25.3. The van der Waals surface area contributed by atoms with E-state index < -0.39 is 66.1 Å². The number of halogens is 1. The van der Waals surface area contributed by atoms with Crippen LogP contribution in [0.1, 0.15) is 30.9 Å². The third-order valence-electron chi connectivity index (χ3n) is 7.04. The summed E-state index contributed by atoms with van der Waals surface area (Å²) in [6.07, 6.45) is 3.06. The third kappa shape index (κ3) is 10.9. The summed E-state index contributed by atoms with van der Waals surface area (Å²) in [5.74, 6) is -4.60. The molecule has 3 rings (SSSR count). The molecule has 0 aliphatic rings. The van der Waals surface area contributed by atoms with Gasteiger partial charge in [0.25, 0.3) is 0 Å². The van der Waals surface area contributed by atoms with E-state index in [-0.39, 0.29) is 19.3 Å². The molecule has 8 N–H and O–H groups in total. The van der Waals surface area contributed by atoms with Gasteiger partial charge in [0, 0.05) is 41.3 Å². The molecule has 15 heteroatoms. The molecule has 2 aromatic carbocycles. The number of benzene rings is 2. The summed E-state index contributed by atoms with van der Waals surface area (Å²) in [4.78, 5) is 79.1. The number of carboxylic acid groups (broad SMARTS) is 1. The van der Waals surface area contributed by atoms with Crippen molar-refractivity contribution in [3.05, 3.63) is 70.3 Å². The predicted molar refractivity (Wildman–Crippen MR) is 178 cm³/mol. The highest BCUT2D eigenvalue weighted by molar-refractivity contribution is 9.10. The third-order valence-corrected chi connectivity index (χ3v) is 8.17. The van der Waals surface area contributed by atoms with Crippen molar-refractivity contribution in [1.29, 1.82) is 0 Å². The second-order valence-corrected chi connectivity index (χ2v) is 12.5. The Morgan fingerprint density at radius 3 is 2.17 bits per heavy atom. The van der Waals surface area contributed by atoms with E-state index in [0.29, 0.717) is 11.3 Å². The molecule has 0 saturated heterocycles. The van der Waals surface area contributed by atoms with Crippen LogP contribution in [-0.4, -0.2) is 81.8 Å². The summed E-state index contributed by atoms with van der Waals surface area (Å²) in [6.45, 7) is 1.28. The lowest BCUT2D eigenvalue weighted by Gasteiger charge is -2.25. The first kappa shape index (κ1) is 36.1. The Labute approximate surface area is 278 Å². The first-order valence-corrected chi connectivity index (χ1v) is 16.5. The van der Waals surface area contributed by atoms with E-state index in [2.05, 4.69) is 42.2 Å². The zero-order valence-corrected chi connectivity index (χ0v) is 27.7. The van der Waals surface area contributed by atoms with Gasteiger partial charge >= 0.3 is 5.97 Å². The van der Waals surface area contributed by atoms with Crippen molar-refractivity contribution in [3.63, 3.8) is 0 Å². The Morgan fingerprint density at radius 2 is 1.52 bits per heavy atom. The number of amides is 5. The Kier molecular flexibility index (Phi) is 13.6. The number of primary amides is 1. The average molecular weight is 718 g/mol. The second-order valence-electron chi connectivity index (χ2n) is 10.6. The molecule has 5 amide bonds. The number of carbonyl (C=O) groups excluding carboxylic acids is 5. The van der Waals surface area contributed by atoms with Crippen molar-refractivity contribution in [3.8, 4) is 0 Å². The molecule has 13 nitrogen and oxygen atoms in total. The smallest absolute Gasteiger partial charge is 0.305 e. The Bertz CT molecular complexity index is 1580. The van der Waals surface area contributed by atoms with E-state index in [1.807, 2.05) is 30.5 Å². The number of fused-ring (bicyclic) bond motifs is 1. The lowest BCUT2D eigenvalue weighted by Crippen LogP contribution is -2.58. The monoisotopic (exact) mass is 716 g/mol. The van der Waals surface area contributed by atoms with Gasteiger partial charge in [0.05, 0.1) is 6.42 Å². The minimum absolute atomic E-state index is 0.0294. The maximum absolute atomic E-state index is 13.5. The highest BCUT2D eigenvalue weighted by atomic mass is 79.9. The van der Waals surface area contributed by atoms with Crippen LogP contribution >= 0.6 is 27.7 Å². The van der Waals surface area contributed by atoms with Crippen LogP contribution < -0.4 is 27.0 Å². The fourth-order valence-electron chi connectivity index (χ4n) is 4.80. The molecule has 4 atom stereocenters. The number of rotatable bonds is 17. The van der Waals surface area contributed by atoms with Gasteiger partial charge in [0.15, 0.2) is 0 Å². The van der Waals surface area contributed by atoms with Crippen LogP contribution in [0.5, 0.6) is 0 Å². The van der Waals surface area contributed by atoms with E-state index >= 15 is 0 Å². The molecule has 46 heavy (non-hydrogen) atoms. The molecular formula is C31H37BrN6O7S. The molecule has 0 bridgehead atoms. The number of nitrogens with one attached hydrogen (secondary N) is 5. The van der Waals surface area contributed by atoms with E-state index in [9.17, 15) is 33.9 Å². The van der Waals surface area contributed by atoms with Gasteiger partial charge < -0.3 is 37.1 Å². The molecule has 1 aromatic heterocycles. The lowest BCUT2D eigenvalue weighted by molar-refractivity contribution is -0.141. The molecule has 0 saturated carbocycles. The van der Waals surface area contributed by atoms with Crippen LogP contribution in [0.2, 0.25) is 0 Å². The quantitative estimate of drug-likeness (QED) is 0.108. The summed E-state index contributed by atoms with van der Waals surface area (Å²) in [6, 6.07) is 9.50. The molecule has 1 heterocycles. The molecule has 246 valence electrons. The van der Waals surface area contributed by atoms with Gasteiger partial charge in [-0.3, -0.25) is 28.8 Å². The number of nitrogens with two attached hydrogens (primary N) is 1. The molecule has 0 aliphatic heterocycles. The number of carboxylic acids is 1. The summed E-state index contributed by atoms with van der Waals surface area (Å²) >= 11 is 4.76. The Balaban J connectivity index is 1.77. The summed E-state index contributed by atoms with van der Waals surface area (Å²) in [7, 11) is 0. The van der Waals surface area contributed by atoms with Gasteiger partial charge in [-0.2, -0.15) is 11.8 Å². The highest BCUT2D eigenvalue weighted by Gasteiger charge is 2.32. The van der Waals surface area contributed by atoms with Gasteiger partial charge in [0.1, 0.15) is 24.2 Å². The number of aromatic nitrogens is 1. The maximum Gasteiger partial charge on any atom is 0.305 e. The number of H-pyrrole nitrogens is 1. The fraction of sp³-hybridized carbons (Fsp3) is 0.355. The van der Waals surface area contributed by atoms with Gasteiger partial charge in [0.2, 0.25) is 29.5 Å². The maximum atomic E-state index is 13.5. The molecule has 0 unspecified atom stereocenters. The fourth-order valence-corrected chi connectivity index (χ4v) is 5.72. The van der Waals surface area contributed by atoms with Crippen LogP contribution in [0.3, 0.4) is 0 Å². The SMILES string of the molecule is CSCC[C@H](NC(=O)[C@@H](Cc1c[nH]c2ccccc12)NC(C)=O)C(=O)N[C@@H](CC(=O)O)C(=O)N[C@@H](Cc1cccc(Br)c1)C(N)=O. The summed E-state index contributed by atoms with van der Waals surface area (Å²) < 4.78 is 0.746. The van der Waals surface area contributed by atoms with Gasteiger partial charge in [-0.05, 0) is 47.8 Å². The van der Waals surface area contributed by atoms with Gasteiger partial charge in [-0.15, -0.1) is 0 Å². The number of hydrogen-bond acceptors (Lipinski definition) is 7. The lowest BCUT2D eigenvalue weighted by atomic mass is 10.0. The molecule has 0 radical (unpaired) electrons. The highest BCUT2D eigenvalue weighted by Crippen LogP contribution is 2.19. The molecule has 3 aromatic rings. The van der Waals surface area contributed by atoms with E-state index in [1.165, 1.54) is 18.7 Å². The Morgan fingerprint density at radius 1 is 0.870 bits per heavy atom. The number of thioether (sulfide) groups is 1. The van der Waals surface area contributed by atoms with Crippen molar-refractivity contribution in [1.82, 2.24) is 26.3 Å². The Hall–Kier alpha value is -4.37. The van der Waals surface area contributed by atoms with Crippen LogP contribution in [0, 0.1) is 0 Å². The average Bonchev–Trinajstić information content (AvgIpc) is 3.40. The van der Waals surface area contributed by atoms with Crippen LogP contribution in [0.15, 0.2) is 59.2 Å². The standard InChI is InChI=1S/C31H37BrN6O7S/c1-17(39)35-25(14-19-16-34-22-9-4-3-8-21(19)22)30(44)36-23(10-11-46-2)29(43)38-26(15-27(40)41)31(45)37-24(28(33)42)13-18-6-5-7-20(32)12-18/h3-9,12,16,23-26,34H,10-11,13-15H2,1-2H3,(H2,33,42)(H,35,39)(H,36,44)(H,37,45)(H,38,43)(H,40,41)/t23-,24-,25+,26-/m0/s1. The number of para-hydroxylation sites is 1. The van der Waals surface area contributed by atoms with Crippen molar-refractivity contribution in [2.24, 2.45) is 5.73 Å². The van der Waals surface area contributed by atoms with Crippen LogP contribution in [0.4, 0.5) is 0 Å². The number of aliphatic carboxylic acids is 1. The molecule has 0 aliphatic carbocycles. The van der Waals surface area contributed by atoms with Gasteiger partial charge in [-0.25, -0.2) is 0 Å². The predicted octanol–water partition coefficient (Wildman–Crippen LogP) is 1.39. The topological polar surface area (TPSA) is 213 Å². The van der Waals surface area contributed by atoms with Gasteiger partial charge in [-0.1, -0.05) is 46.3 Å². The summed E-state index contributed by atoms with van der Waals surface area (Å²) in [5.41, 5.74) is 7.84. The molecule has 0 spiro atoms. The molecule has 0 fully saturated rings. The first-order valence-electron chi connectivity index (χ1n) is 14.4. The van der Waals surface area contributed by atoms with Crippen LogP contribution in [-0.2, 0) is 41.6 Å². The van der Waals surface area contributed by atoms with E-state index in [4.69, 9.17) is 5.73 Å². The normalized spacial score (nSPS) is 13.5. The van der Waals surface area contributed by atoms with Crippen molar-refractivity contribution in [2.75, 3.05) is 12.0 Å². The van der Waals surface area contributed by atoms with Crippen molar-refractivity contribution < 1.29 is 33.9 Å². The number of hydrogen-bond donors (Lipinski definition) is 7. The number of aromatic amines is 1. The summed E-state index contributed by atoms with van der Waals surface area (Å²) in [5, 5.41) is 20.5. The largest absolute Gasteiger partial charge is 0.481 e. The minimum atomic E-state index is -1.58. The van der Waals surface area contributed by atoms with E-state index in [1.54, 1.807) is 30.5 Å². The first-order chi connectivity index (χ1) is 21.9. The zero-order chi connectivity index (χ0) is 33.8. The second kappa shape index (κ2) is 17.4. The van der Waals surface area contributed by atoms with E-state index in [0.717, 1.165) is 20.9 Å². The molecular weight excluding hydrogens is 680 g/mol. The van der Waals surface area contributed by atoms with Crippen molar-refractivity contribution in [2.45, 2.75) is 56.8 Å². The minimum Gasteiger partial charge on any atom is -0.481 e. The number of carbonyl (C=O) groups is 6. The van der Waals surface area contributed by atoms with Crippen LogP contribution in [0.25, 0.3) is 10.9 Å².